The standard InChI is InChI=1S/C30H44N2O5/c1-19(2)23-13-11-20(3)24-15-22(36-28(34)14-12-21-17-32(7)18-31-21)9-8-10-26(33)27(16-25(23)24)37-29(35)30(4,5)6/h8,10-12,14,17-19,22-27,33H,9,13,15-16H2,1-7H3/b10-8-,14-12+/t22-,23-,24+,25-,26-,27-/m1/s1. The molecule has 1 heterocycles. The molecule has 1 N–H and O–H groups in total. The highest BCUT2D eigenvalue weighted by Gasteiger charge is 2.41. The summed E-state index contributed by atoms with van der Waals surface area (Å²) in [6.45, 7) is 12.1. The van der Waals surface area contributed by atoms with E-state index in [1.165, 1.54) is 11.6 Å². The maximum absolute atomic E-state index is 12.8. The first-order chi connectivity index (χ1) is 17.3. The molecule has 1 aromatic heterocycles. The van der Waals surface area contributed by atoms with Crippen molar-refractivity contribution in [3.8, 4) is 0 Å². The molecule has 0 radical (unpaired) electrons. The van der Waals surface area contributed by atoms with E-state index < -0.39 is 23.6 Å². The Kier molecular flexibility index (Phi) is 9.57. The number of fused-ring (bicyclic) bond motifs is 1. The smallest absolute Gasteiger partial charge is 0.331 e. The number of allylic oxidation sites excluding steroid dienone is 2. The second-order valence-corrected chi connectivity index (χ2v) is 12.0. The van der Waals surface area contributed by atoms with Gasteiger partial charge in [-0.05, 0) is 76.7 Å². The summed E-state index contributed by atoms with van der Waals surface area (Å²) in [4.78, 5) is 29.7. The number of aromatic nitrogens is 2. The Bertz CT molecular complexity index is 1030. The number of imidazole rings is 1. The van der Waals surface area contributed by atoms with E-state index in [9.17, 15) is 14.7 Å². The lowest BCUT2D eigenvalue weighted by Crippen LogP contribution is -2.42. The molecule has 0 fully saturated rings. The van der Waals surface area contributed by atoms with E-state index >= 15 is 0 Å². The fourth-order valence-electron chi connectivity index (χ4n) is 5.44. The molecule has 2 aliphatic rings. The highest BCUT2D eigenvalue weighted by atomic mass is 16.6. The first kappa shape index (κ1) is 28.9. The van der Waals surface area contributed by atoms with Crippen molar-refractivity contribution in [2.75, 3.05) is 0 Å². The highest BCUT2D eigenvalue weighted by molar-refractivity contribution is 5.86. The molecular formula is C30H44N2O5. The number of esters is 2. The van der Waals surface area contributed by atoms with Crippen molar-refractivity contribution in [3.63, 3.8) is 0 Å². The van der Waals surface area contributed by atoms with Gasteiger partial charge < -0.3 is 19.1 Å². The van der Waals surface area contributed by atoms with Gasteiger partial charge in [-0.2, -0.15) is 0 Å². The molecule has 6 atom stereocenters. The maximum atomic E-state index is 12.8. The van der Waals surface area contributed by atoms with E-state index in [-0.39, 0.29) is 23.9 Å². The number of aliphatic hydroxyl groups excluding tert-OH is 1. The number of hydrogen-bond donors (Lipinski definition) is 1. The third kappa shape index (κ3) is 7.91. The summed E-state index contributed by atoms with van der Waals surface area (Å²) < 4.78 is 13.6. The Labute approximate surface area is 221 Å². The number of aryl methyl sites for hydroxylation is 1. The predicted octanol–water partition coefficient (Wildman–Crippen LogP) is 5.26. The summed E-state index contributed by atoms with van der Waals surface area (Å²) in [5.74, 6) is 0.430. The monoisotopic (exact) mass is 512 g/mol. The molecule has 7 nitrogen and oxygen atoms in total. The van der Waals surface area contributed by atoms with Crippen LogP contribution in [0.25, 0.3) is 6.08 Å². The van der Waals surface area contributed by atoms with E-state index in [0.717, 1.165) is 6.42 Å². The van der Waals surface area contributed by atoms with Gasteiger partial charge in [0.2, 0.25) is 0 Å². The van der Waals surface area contributed by atoms with Crippen LogP contribution in [0.3, 0.4) is 0 Å². The van der Waals surface area contributed by atoms with Gasteiger partial charge in [0.25, 0.3) is 0 Å². The van der Waals surface area contributed by atoms with Crippen LogP contribution in [0.15, 0.2) is 42.4 Å². The molecule has 204 valence electrons. The van der Waals surface area contributed by atoms with E-state index in [0.29, 0.717) is 36.8 Å². The maximum Gasteiger partial charge on any atom is 0.331 e. The van der Waals surface area contributed by atoms with Gasteiger partial charge in [-0.15, -0.1) is 0 Å². The summed E-state index contributed by atoms with van der Waals surface area (Å²) in [6, 6.07) is 0. The van der Waals surface area contributed by atoms with Crippen LogP contribution in [0.5, 0.6) is 0 Å². The van der Waals surface area contributed by atoms with Crippen LogP contribution in [0.4, 0.5) is 0 Å². The van der Waals surface area contributed by atoms with Crippen LogP contribution in [0.2, 0.25) is 0 Å². The topological polar surface area (TPSA) is 90.7 Å². The minimum absolute atomic E-state index is 0.160. The summed E-state index contributed by atoms with van der Waals surface area (Å²) in [5.41, 5.74) is 1.31. The minimum Gasteiger partial charge on any atom is -0.459 e. The molecule has 0 spiro atoms. The second-order valence-electron chi connectivity index (χ2n) is 12.0. The van der Waals surface area contributed by atoms with E-state index in [2.05, 4.69) is 31.8 Å². The number of rotatable bonds is 5. The molecule has 0 amide bonds. The molecule has 3 rings (SSSR count). The van der Waals surface area contributed by atoms with Crippen molar-refractivity contribution < 1.29 is 24.2 Å². The zero-order chi connectivity index (χ0) is 27.3. The van der Waals surface area contributed by atoms with Crippen LogP contribution in [-0.4, -0.2) is 44.9 Å². The van der Waals surface area contributed by atoms with Crippen molar-refractivity contribution in [1.29, 1.82) is 0 Å². The van der Waals surface area contributed by atoms with Crippen molar-refractivity contribution in [1.82, 2.24) is 9.55 Å². The molecular weight excluding hydrogens is 468 g/mol. The number of carbonyl (C=O) groups excluding carboxylic acids is 2. The van der Waals surface area contributed by atoms with Crippen LogP contribution in [0, 0.1) is 29.1 Å². The van der Waals surface area contributed by atoms with E-state index in [1.54, 1.807) is 18.5 Å². The molecule has 0 saturated carbocycles. The van der Waals surface area contributed by atoms with Crippen molar-refractivity contribution >= 4 is 18.0 Å². The molecule has 0 unspecified atom stereocenters. The fraction of sp³-hybridized carbons (Fsp3) is 0.633. The van der Waals surface area contributed by atoms with Gasteiger partial charge in [-0.1, -0.05) is 37.6 Å². The second kappa shape index (κ2) is 12.2. The molecule has 0 bridgehead atoms. The molecule has 0 aliphatic heterocycles. The minimum atomic E-state index is -0.926. The Morgan fingerprint density at radius 1 is 1.19 bits per heavy atom. The summed E-state index contributed by atoms with van der Waals surface area (Å²) in [7, 11) is 1.87. The highest BCUT2D eigenvalue weighted by Crippen LogP contribution is 2.45. The lowest BCUT2D eigenvalue weighted by Gasteiger charge is -2.43. The Morgan fingerprint density at radius 2 is 1.92 bits per heavy atom. The average molecular weight is 513 g/mol. The first-order valence-corrected chi connectivity index (χ1v) is 13.4. The third-order valence-corrected chi connectivity index (χ3v) is 7.62. The molecule has 0 saturated heterocycles. The van der Waals surface area contributed by atoms with Crippen LogP contribution in [0.1, 0.15) is 72.9 Å². The number of hydrogen-bond acceptors (Lipinski definition) is 6. The van der Waals surface area contributed by atoms with Crippen molar-refractivity contribution in [2.24, 2.45) is 36.1 Å². The van der Waals surface area contributed by atoms with Gasteiger partial charge in [-0.3, -0.25) is 4.79 Å². The number of ether oxygens (including phenoxy) is 2. The van der Waals surface area contributed by atoms with Crippen molar-refractivity contribution in [3.05, 3.63) is 48.1 Å². The molecule has 7 heteroatoms. The summed E-state index contributed by atoms with van der Waals surface area (Å²) in [6.07, 6.45) is 13.2. The largest absolute Gasteiger partial charge is 0.459 e. The Balaban J connectivity index is 1.86. The fourth-order valence-corrected chi connectivity index (χ4v) is 5.44. The quantitative estimate of drug-likeness (QED) is 0.329. The van der Waals surface area contributed by atoms with E-state index in [4.69, 9.17) is 9.47 Å². The van der Waals surface area contributed by atoms with Crippen LogP contribution < -0.4 is 0 Å². The number of carbonyl (C=O) groups is 2. The molecule has 0 aromatic carbocycles. The van der Waals surface area contributed by atoms with Gasteiger partial charge in [0.05, 0.1) is 17.4 Å². The van der Waals surface area contributed by atoms with Gasteiger partial charge in [0.1, 0.15) is 18.3 Å². The normalized spacial score (nSPS) is 29.9. The SMILES string of the molecule is CC1=CC[C@H](C(C)C)[C@H]2C[C@@H](OC(=O)C(C)(C)C)[C@H](O)/C=C\C[C@@H](OC(=O)/C=C/c3cn(C)cn3)C[C@@H]12. The molecule has 1 aromatic rings. The predicted molar refractivity (Wildman–Crippen MR) is 144 cm³/mol. The van der Waals surface area contributed by atoms with Gasteiger partial charge in [0.15, 0.2) is 0 Å². The van der Waals surface area contributed by atoms with Gasteiger partial charge >= 0.3 is 11.9 Å². The molecule has 37 heavy (non-hydrogen) atoms. The van der Waals surface area contributed by atoms with E-state index in [1.807, 2.05) is 44.7 Å². The lowest BCUT2D eigenvalue weighted by molar-refractivity contribution is -0.165. The number of aliphatic hydroxyl groups is 1. The first-order valence-electron chi connectivity index (χ1n) is 13.4. The average Bonchev–Trinajstić information content (AvgIpc) is 3.23. The lowest BCUT2D eigenvalue weighted by atomic mass is 9.64. The van der Waals surface area contributed by atoms with Crippen LogP contribution >= 0.6 is 0 Å². The van der Waals surface area contributed by atoms with Crippen LogP contribution in [-0.2, 0) is 26.1 Å². The van der Waals surface area contributed by atoms with Gasteiger partial charge in [0, 0.05) is 25.7 Å². The zero-order valence-electron chi connectivity index (χ0n) is 23.4. The Hall–Kier alpha value is -2.67. The third-order valence-electron chi connectivity index (χ3n) is 7.62. The number of nitrogens with zero attached hydrogens (tertiary/aromatic N) is 2. The van der Waals surface area contributed by atoms with Crippen molar-refractivity contribution in [2.45, 2.75) is 85.5 Å². The zero-order valence-corrected chi connectivity index (χ0v) is 23.4. The molecule has 2 aliphatic carbocycles. The summed E-state index contributed by atoms with van der Waals surface area (Å²) >= 11 is 0. The summed E-state index contributed by atoms with van der Waals surface area (Å²) in [5, 5.41) is 11.1. The van der Waals surface area contributed by atoms with Gasteiger partial charge in [-0.25, -0.2) is 9.78 Å². The Morgan fingerprint density at radius 3 is 2.54 bits per heavy atom.